The van der Waals surface area contributed by atoms with E-state index in [1.54, 1.807) is 0 Å². The lowest BCUT2D eigenvalue weighted by Gasteiger charge is -2.09. The van der Waals surface area contributed by atoms with E-state index in [1.165, 1.54) is 6.92 Å². The number of aromatic amines is 1. The van der Waals surface area contributed by atoms with E-state index in [1.807, 2.05) is 42.5 Å². The molecule has 2 N–H and O–H groups in total. The number of nitrogens with zero attached hydrogens (tertiary/aromatic N) is 1. The van der Waals surface area contributed by atoms with Gasteiger partial charge in [0.25, 0.3) is 0 Å². The Labute approximate surface area is 141 Å². The van der Waals surface area contributed by atoms with E-state index in [0.29, 0.717) is 12.5 Å². The number of fused-ring (bicyclic) bond motifs is 1. The third-order valence-electron chi connectivity index (χ3n) is 3.57. The summed E-state index contributed by atoms with van der Waals surface area (Å²) < 4.78 is 5.81. The fraction of sp³-hybridized carbons (Fsp3) is 0.263. The number of aromatic nitrogens is 2. The van der Waals surface area contributed by atoms with Crippen LogP contribution in [0.2, 0.25) is 0 Å². The molecule has 2 aromatic carbocycles. The monoisotopic (exact) mass is 323 g/mol. The van der Waals surface area contributed by atoms with Gasteiger partial charge in [-0.2, -0.15) is 5.10 Å². The summed E-state index contributed by atoms with van der Waals surface area (Å²) >= 11 is 0. The highest BCUT2D eigenvalue weighted by Gasteiger charge is 2.10. The zero-order chi connectivity index (χ0) is 17.1. The Bertz CT molecular complexity index is 868. The molecule has 0 bridgehead atoms. The molecule has 0 aliphatic carbocycles. The second kappa shape index (κ2) is 6.74. The van der Waals surface area contributed by atoms with Crippen LogP contribution in [0, 0.1) is 5.92 Å². The molecule has 124 valence electrons. The number of carbonyl (C=O) groups is 1. The number of rotatable bonds is 5. The Balaban J connectivity index is 1.97. The first-order valence-electron chi connectivity index (χ1n) is 8.02. The minimum absolute atomic E-state index is 0.0941. The van der Waals surface area contributed by atoms with Crippen LogP contribution in [0.4, 0.5) is 5.69 Å². The number of H-pyrrole nitrogens is 1. The van der Waals surface area contributed by atoms with E-state index in [9.17, 15) is 4.79 Å². The zero-order valence-corrected chi connectivity index (χ0v) is 14.1. The molecule has 3 aromatic rings. The molecule has 0 spiro atoms. The second-order valence-electron chi connectivity index (χ2n) is 6.25. The minimum Gasteiger partial charge on any atom is -0.493 e. The van der Waals surface area contributed by atoms with Crippen molar-refractivity contribution in [2.75, 3.05) is 11.9 Å². The van der Waals surface area contributed by atoms with Crippen molar-refractivity contribution in [1.29, 1.82) is 0 Å². The summed E-state index contributed by atoms with van der Waals surface area (Å²) in [7, 11) is 0. The number of amides is 1. The Kier molecular flexibility index (Phi) is 4.51. The van der Waals surface area contributed by atoms with E-state index >= 15 is 0 Å². The molecule has 3 rings (SSSR count). The maximum atomic E-state index is 11.2. The average Bonchev–Trinajstić information content (AvgIpc) is 2.95. The van der Waals surface area contributed by atoms with Gasteiger partial charge >= 0.3 is 0 Å². The van der Waals surface area contributed by atoms with Gasteiger partial charge in [-0.3, -0.25) is 9.89 Å². The average molecular weight is 323 g/mol. The maximum absolute atomic E-state index is 11.2. The van der Waals surface area contributed by atoms with Crippen LogP contribution in [0.3, 0.4) is 0 Å². The number of hydrogen-bond acceptors (Lipinski definition) is 3. The highest BCUT2D eigenvalue weighted by atomic mass is 16.5. The Morgan fingerprint density at radius 3 is 2.83 bits per heavy atom. The highest BCUT2D eigenvalue weighted by Crippen LogP contribution is 2.30. The summed E-state index contributed by atoms with van der Waals surface area (Å²) in [5.74, 6) is 1.21. The second-order valence-corrected chi connectivity index (χ2v) is 6.25. The van der Waals surface area contributed by atoms with Crippen molar-refractivity contribution >= 4 is 22.5 Å². The quantitative estimate of drug-likeness (QED) is 0.738. The maximum Gasteiger partial charge on any atom is 0.221 e. The molecule has 0 unspecified atom stereocenters. The number of nitrogens with one attached hydrogen (secondary N) is 2. The number of anilines is 1. The van der Waals surface area contributed by atoms with Gasteiger partial charge in [-0.05, 0) is 36.2 Å². The number of hydrogen-bond donors (Lipinski definition) is 2. The molecule has 5 nitrogen and oxygen atoms in total. The van der Waals surface area contributed by atoms with Gasteiger partial charge in [0.05, 0.1) is 12.1 Å². The van der Waals surface area contributed by atoms with Crippen molar-refractivity contribution in [2.24, 2.45) is 5.92 Å². The number of benzene rings is 2. The van der Waals surface area contributed by atoms with E-state index in [-0.39, 0.29) is 5.91 Å². The smallest absolute Gasteiger partial charge is 0.221 e. The molecule has 5 heteroatoms. The molecule has 1 heterocycles. The first-order chi connectivity index (χ1) is 11.5. The van der Waals surface area contributed by atoms with Crippen LogP contribution in [0.25, 0.3) is 22.2 Å². The van der Waals surface area contributed by atoms with E-state index in [0.717, 1.165) is 33.6 Å². The molecule has 0 aliphatic heterocycles. The van der Waals surface area contributed by atoms with Crippen LogP contribution < -0.4 is 10.1 Å². The van der Waals surface area contributed by atoms with Crippen LogP contribution in [-0.2, 0) is 4.79 Å². The molecule has 1 aromatic heterocycles. The van der Waals surface area contributed by atoms with Crippen molar-refractivity contribution in [3.63, 3.8) is 0 Å². The Morgan fingerprint density at radius 1 is 1.25 bits per heavy atom. The van der Waals surface area contributed by atoms with Gasteiger partial charge in [-0.15, -0.1) is 0 Å². The van der Waals surface area contributed by atoms with E-state index in [2.05, 4.69) is 29.4 Å². The topological polar surface area (TPSA) is 67.0 Å². The molecule has 0 saturated heterocycles. The lowest BCUT2D eigenvalue weighted by molar-refractivity contribution is -0.114. The van der Waals surface area contributed by atoms with Crippen molar-refractivity contribution in [3.05, 3.63) is 42.5 Å². The third-order valence-corrected chi connectivity index (χ3v) is 3.57. The standard InChI is InChI=1S/C19H21N3O2/c1-12(2)11-24-16-7-8-18-17(10-16)19(22-21-18)14-5-4-6-15(9-14)20-13(3)23/h4-10,12H,11H2,1-3H3,(H,20,23)(H,21,22). The summed E-state index contributed by atoms with van der Waals surface area (Å²) in [5.41, 5.74) is 3.48. The van der Waals surface area contributed by atoms with Crippen molar-refractivity contribution in [2.45, 2.75) is 20.8 Å². The van der Waals surface area contributed by atoms with Crippen LogP contribution in [-0.4, -0.2) is 22.7 Å². The van der Waals surface area contributed by atoms with Crippen LogP contribution in [0.1, 0.15) is 20.8 Å². The van der Waals surface area contributed by atoms with Crippen molar-refractivity contribution in [1.82, 2.24) is 10.2 Å². The summed E-state index contributed by atoms with van der Waals surface area (Å²) in [6.07, 6.45) is 0. The summed E-state index contributed by atoms with van der Waals surface area (Å²) in [6.45, 7) is 6.41. The first kappa shape index (κ1) is 16.1. The Morgan fingerprint density at radius 2 is 2.08 bits per heavy atom. The fourth-order valence-electron chi connectivity index (χ4n) is 2.51. The lowest BCUT2D eigenvalue weighted by atomic mass is 10.1. The molecule has 0 saturated carbocycles. The lowest BCUT2D eigenvalue weighted by Crippen LogP contribution is -2.05. The van der Waals surface area contributed by atoms with Crippen LogP contribution in [0.5, 0.6) is 5.75 Å². The predicted octanol–water partition coefficient (Wildman–Crippen LogP) is 4.22. The number of ether oxygens (including phenoxy) is 1. The predicted molar refractivity (Wildman–Crippen MR) is 96.2 cm³/mol. The van der Waals surface area contributed by atoms with Gasteiger partial charge in [-0.1, -0.05) is 26.0 Å². The summed E-state index contributed by atoms with van der Waals surface area (Å²) in [6, 6.07) is 13.6. The fourth-order valence-corrected chi connectivity index (χ4v) is 2.51. The third kappa shape index (κ3) is 3.56. The molecule has 0 aliphatic rings. The summed E-state index contributed by atoms with van der Waals surface area (Å²) in [5, 5.41) is 11.3. The van der Waals surface area contributed by atoms with E-state index < -0.39 is 0 Å². The zero-order valence-electron chi connectivity index (χ0n) is 14.1. The number of carbonyl (C=O) groups excluding carboxylic acids is 1. The van der Waals surface area contributed by atoms with Gasteiger partial charge in [-0.25, -0.2) is 0 Å². The van der Waals surface area contributed by atoms with Gasteiger partial charge in [0.1, 0.15) is 11.4 Å². The van der Waals surface area contributed by atoms with Gasteiger partial charge in [0.15, 0.2) is 0 Å². The molecular weight excluding hydrogens is 302 g/mol. The minimum atomic E-state index is -0.0941. The molecule has 0 radical (unpaired) electrons. The van der Waals surface area contributed by atoms with Crippen LogP contribution >= 0.6 is 0 Å². The molecule has 0 atom stereocenters. The first-order valence-corrected chi connectivity index (χ1v) is 8.02. The molecule has 24 heavy (non-hydrogen) atoms. The Hall–Kier alpha value is -2.82. The largest absolute Gasteiger partial charge is 0.493 e. The van der Waals surface area contributed by atoms with Gasteiger partial charge in [0.2, 0.25) is 5.91 Å². The summed E-state index contributed by atoms with van der Waals surface area (Å²) in [4.78, 5) is 11.2. The molecule has 1 amide bonds. The van der Waals surface area contributed by atoms with Crippen molar-refractivity contribution < 1.29 is 9.53 Å². The van der Waals surface area contributed by atoms with Crippen molar-refractivity contribution in [3.8, 4) is 17.0 Å². The molecular formula is C19H21N3O2. The van der Waals surface area contributed by atoms with Crippen LogP contribution in [0.15, 0.2) is 42.5 Å². The van der Waals surface area contributed by atoms with Gasteiger partial charge in [0, 0.05) is 23.6 Å². The van der Waals surface area contributed by atoms with E-state index in [4.69, 9.17) is 4.74 Å². The van der Waals surface area contributed by atoms with Gasteiger partial charge < -0.3 is 10.1 Å². The SMILES string of the molecule is CC(=O)Nc1cccc(-c2n[nH]c3ccc(OCC(C)C)cc23)c1. The molecule has 0 fully saturated rings. The highest BCUT2D eigenvalue weighted by molar-refractivity contribution is 5.95. The normalized spacial score (nSPS) is 11.0.